The van der Waals surface area contributed by atoms with Crippen molar-refractivity contribution in [3.8, 4) is 11.6 Å². The summed E-state index contributed by atoms with van der Waals surface area (Å²) in [5, 5.41) is 54.3. The van der Waals surface area contributed by atoms with Gasteiger partial charge in [0.25, 0.3) is 5.91 Å². The fraction of sp³-hybridized carbons (Fsp3) is 0.207. The zero-order valence-electron chi connectivity index (χ0n) is 28.1. The van der Waals surface area contributed by atoms with Crippen molar-refractivity contribution in [3.05, 3.63) is 71.6 Å². The van der Waals surface area contributed by atoms with Crippen molar-refractivity contribution in [3.63, 3.8) is 0 Å². The number of sulfonamides is 1. The number of primary sulfonamides is 1. The van der Waals surface area contributed by atoms with Crippen LogP contribution < -0.4 is 61.1 Å². The number of aromatic nitrogens is 6. The standard InChI is InChI=1S/C29H28N12O9S3.Na/c1-39-29(36-37-38-39)52-12-14-11-51-25-19(24(45)41(25)21(14)26(46)47)34-23(44)20(13-2-6-16(42)7-3-13)40(27(30)48)18-10-32-28(35-22(18)43)33-15-4-8-17(9-5-15)53(31,49)50;/h2-10,19-20,25,42H,11-12H2,1H3,(H2,30,48)(H,34,44)(H,46,47)(H2,31,49,50)(H2,32,33,35,43);/q;+1/p-1/t19?,20?,25-;/m0./s1. The minimum atomic E-state index is -3.95. The molecule has 3 atom stereocenters. The number of β-lactam (4-membered cyclic amide) rings is 1. The van der Waals surface area contributed by atoms with Crippen LogP contribution in [0.2, 0.25) is 0 Å². The van der Waals surface area contributed by atoms with Crippen LogP contribution in [0.1, 0.15) is 11.6 Å². The predicted octanol–water partition coefficient (Wildman–Crippen LogP) is -4.37. The first-order valence-corrected chi connectivity index (χ1v) is 18.6. The van der Waals surface area contributed by atoms with Crippen LogP contribution >= 0.6 is 23.5 Å². The molecule has 2 aliphatic heterocycles. The Balaban J connectivity index is 0.00000561. The van der Waals surface area contributed by atoms with E-state index in [4.69, 9.17) is 10.9 Å². The number of anilines is 3. The van der Waals surface area contributed by atoms with Gasteiger partial charge in [-0.1, -0.05) is 23.9 Å². The Hall–Kier alpha value is -4.98. The molecule has 2 aromatic carbocycles. The summed E-state index contributed by atoms with van der Waals surface area (Å²) in [7, 11) is -2.33. The van der Waals surface area contributed by atoms with Crippen LogP contribution in [-0.2, 0) is 31.5 Å². The van der Waals surface area contributed by atoms with E-state index in [-0.39, 0.29) is 68.9 Å². The molecule has 0 spiro atoms. The second-order valence-electron chi connectivity index (χ2n) is 11.3. The van der Waals surface area contributed by atoms with Crippen molar-refractivity contribution in [2.45, 2.75) is 27.5 Å². The predicted molar refractivity (Wildman–Crippen MR) is 184 cm³/mol. The van der Waals surface area contributed by atoms with Crippen LogP contribution in [0, 0.1) is 0 Å². The van der Waals surface area contributed by atoms with Crippen LogP contribution in [0.25, 0.3) is 0 Å². The molecule has 8 N–H and O–H groups in total. The first-order chi connectivity index (χ1) is 25.1. The number of nitrogens with one attached hydrogen (secondary N) is 2. The summed E-state index contributed by atoms with van der Waals surface area (Å²) in [6.07, 6.45) is 0.996. The summed E-state index contributed by atoms with van der Waals surface area (Å²) < 4.78 is 24.5. The third-order valence-electron chi connectivity index (χ3n) is 7.90. The number of phenolic OH excluding ortho intramolecular Hbond substituents is 1. The van der Waals surface area contributed by atoms with Crippen molar-refractivity contribution in [1.29, 1.82) is 0 Å². The van der Waals surface area contributed by atoms with E-state index in [1.54, 1.807) is 7.05 Å². The number of thioether (sulfide) groups is 2. The number of primary amides is 1. The Bertz CT molecular complexity index is 2260. The molecular weight excluding hydrogens is 780 g/mol. The van der Waals surface area contributed by atoms with E-state index in [1.807, 2.05) is 0 Å². The maximum absolute atomic E-state index is 14.1. The van der Waals surface area contributed by atoms with E-state index in [0.29, 0.717) is 21.3 Å². The van der Waals surface area contributed by atoms with E-state index in [2.05, 4.69) is 36.1 Å². The number of hydrogen-bond donors (Lipinski definition) is 6. The Morgan fingerprint density at radius 1 is 1.15 bits per heavy atom. The van der Waals surface area contributed by atoms with Gasteiger partial charge in [-0.3, -0.25) is 19.4 Å². The van der Waals surface area contributed by atoms with Gasteiger partial charge < -0.3 is 36.5 Å². The number of nitrogens with zero attached hydrogens (tertiary/aromatic N) is 8. The van der Waals surface area contributed by atoms with Crippen molar-refractivity contribution in [2.75, 3.05) is 21.7 Å². The first-order valence-electron chi connectivity index (χ1n) is 15.0. The molecule has 4 amide bonds. The number of aryl methyl sites for hydroxylation is 1. The van der Waals surface area contributed by atoms with E-state index in [1.165, 1.54) is 65.0 Å². The molecule has 6 rings (SSSR count). The molecule has 2 aliphatic rings. The monoisotopic (exact) mass is 806 g/mol. The molecular formula is C29H27N12NaO9S3. The molecule has 0 radical (unpaired) electrons. The molecule has 0 bridgehead atoms. The Kier molecular flexibility index (Phi) is 12.0. The Morgan fingerprint density at radius 2 is 1.83 bits per heavy atom. The second kappa shape index (κ2) is 16.2. The van der Waals surface area contributed by atoms with E-state index >= 15 is 0 Å². The number of aromatic hydroxyl groups is 2. The third kappa shape index (κ3) is 8.23. The van der Waals surface area contributed by atoms with Crippen LogP contribution in [-0.4, -0.2) is 100 Å². The SMILES string of the molecule is Cn1nnnc1SCC1=C(C(=O)[O-])N2C(=O)C(NC(=O)C(c3ccc(O)cc3)N(C(N)=O)c3cnc(Nc4ccc(S(N)(=O)=O)cc4)nc3O)[C@@H]2SC1.[Na+]. The maximum Gasteiger partial charge on any atom is 1.00 e. The normalized spacial score (nSPS) is 17.1. The Morgan fingerprint density at radius 3 is 2.41 bits per heavy atom. The zero-order valence-corrected chi connectivity index (χ0v) is 32.5. The molecule has 276 valence electrons. The quantitative estimate of drug-likeness (QED) is 0.0447. The third-order valence-corrected chi connectivity index (χ3v) is 11.3. The molecule has 54 heavy (non-hydrogen) atoms. The number of carboxylic acids is 1. The smallest absolute Gasteiger partial charge is 0.543 e. The van der Waals surface area contributed by atoms with Gasteiger partial charge in [0, 0.05) is 24.2 Å². The van der Waals surface area contributed by atoms with Crippen molar-refractivity contribution >= 4 is 74.7 Å². The van der Waals surface area contributed by atoms with Crippen molar-refractivity contribution < 1.29 is 72.5 Å². The number of carboxylic acid groups (broad SMARTS) is 1. The largest absolute Gasteiger partial charge is 1.00 e. The summed E-state index contributed by atoms with van der Waals surface area (Å²) in [6.45, 7) is 0. The zero-order chi connectivity index (χ0) is 38.2. The molecule has 1 saturated heterocycles. The van der Waals surface area contributed by atoms with Gasteiger partial charge in [-0.15, -0.1) is 16.9 Å². The molecule has 4 heterocycles. The summed E-state index contributed by atoms with van der Waals surface area (Å²) in [5.74, 6) is -4.17. The van der Waals surface area contributed by atoms with Crippen LogP contribution in [0.5, 0.6) is 11.6 Å². The van der Waals surface area contributed by atoms with Crippen LogP contribution in [0.4, 0.5) is 22.1 Å². The average Bonchev–Trinajstić information content (AvgIpc) is 3.52. The van der Waals surface area contributed by atoms with Gasteiger partial charge in [-0.25, -0.2) is 28.0 Å². The van der Waals surface area contributed by atoms with Crippen molar-refractivity contribution in [2.24, 2.45) is 17.9 Å². The fourth-order valence-corrected chi connectivity index (χ4v) is 8.27. The van der Waals surface area contributed by atoms with Gasteiger partial charge in [0.15, 0.2) is 0 Å². The number of carbonyl (C=O) groups excluding carboxylic acids is 4. The second-order valence-corrected chi connectivity index (χ2v) is 14.9. The van der Waals surface area contributed by atoms with Crippen LogP contribution in [0.3, 0.4) is 0 Å². The number of phenols is 1. The number of rotatable bonds is 12. The number of amides is 4. The number of benzene rings is 2. The van der Waals surface area contributed by atoms with Gasteiger partial charge in [0.1, 0.15) is 28.9 Å². The topological polar surface area (TPSA) is 318 Å². The number of hydrogen-bond acceptors (Lipinski definition) is 17. The maximum atomic E-state index is 14.1. The molecule has 25 heteroatoms. The number of aliphatic carboxylic acids is 1. The van der Waals surface area contributed by atoms with Gasteiger partial charge in [0.05, 0.1) is 22.8 Å². The summed E-state index contributed by atoms with van der Waals surface area (Å²) in [6, 6.07) is 6.12. The number of fused-ring (bicyclic) bond motifs is 1. The number of carbonyl (C=O) groups is 4. The number of nitrogens with two attached hydrogens (primary N) is 2. The van der Waals surface area contributed by atoms with Gasteiger partial charge in [-0.05, 0) is 58.0 Å². The molecule has 0 saturated carbocycles. The van der Waals surface area contributed by atoms with E-state index in [0.717, 1.165) is 22.9 Å². The molecule has 2 unspecified atom stereocenters. The van der Waals surface area contributed by atoms with E-state index in [9.17, 15) is 42.9 Å². The minimum absolute atomic E-state index is 0. The Labute approximate surface area is 335 Å². The molecule has 1 fully saturated rings. The van der Waals surface area contributed by atoms with Crippen LogP contribution in [0.15, 0.2) is 76.0 Å². The molecule has 0 aliphatic carbocycles. The van der Waals surface area contributed by atoms with Gasteiger partial charge in [0.2, 0.25) is 32.9 Å². The average molecular weight is 807 g/mol. The number of urea groups is 1. The fourth-order valence-electron chi connectivity index (χ4n) is 5.42. The number of tetrazole rings is 1. The molecule has 4 aromatic rings. The summed E-state index contributed by atoms with van der Waals surface area (Å²) in [5.41, 5.74) is 5.77. The van der Waals surface area contributed by atoms with Crippen molar-refractivity contribution in [1.82, 2.24) is 40.4 Å². The van der Waals surface area contributed by atoms with Gasteiger partial charge >= 0.3 is 35.6 Å². The molecule has 21 nitrogen and oxygen atoms in total. The summed E-state index contributed by atoms with van der Waals surface area (Å²) in [4.78, 5) is 62.4. The summed E-state index contributed by atoms with van der Waals surface area (Å²) >= 11 is 2.36. The molecule has 2 aromatic heterocycles. The van der Waals surface area contributed by atoms with E-state index < -0.39 is 62.9 Å². The first kappa shape index (κ1) is 40.2. The minimum Gasteiger partial charge on any atom is -0.543 e. The van der Waals surface area contributed by atoms with Gasteiger partial charge in [-0.2, -0.15) is 4.98 Å².